The van der Waals surface area contributed by atoms with E-state index in [1.165, 1.54) is 0 Å². The van der Waals surface area contributed by atoms with Gasteiger partial charge in [-0.3, -0.25) is 0 Å². The molecule has 0 heterocycles. The number of halogens is 2. The second-order valence-corrected chi connectivity index (χ2v) is 3.51. The van der Waals surface area contributed by atoms with Crippen LogP contribution in [0.5, 0.6) is 5.75 Å². The van der Waals surface area contributed by atoms with Crippen LogP contribution in [0, 0.1) is 0 Å². The molecular formula is C8H8BrClO2. The van der Waals surface area contributed by atoms with Crippen LogP contribution in [0.3, 0.4) is 0 Å². The molecule has 0 bridgehead atoms. The van der Waals surface area contributed by atoms with Crippen LogP contribution in [0.4, 0.5) is 0 Å². The fourth-order valence-electron chi connectivity index (χ4n) is 0.899. The molecule has 0 saturated carbocycles. The van der Waals surface area contributed by atoms with E-state index in [1.807, 2.05) is 0 Å². The molecule has 0 spiro atoms. The predicted molar refractivity (Wildman–Crippen MR) is 51.6 cm³/mol. The highest BCUT2D eigenvalue weighted by molar-refractivity contribution is 9.10. The highest BCUT2D eigenvalue weighted by Crippen LogP contribution is 2.33. The maximum absolute atomic E-state index is 8.83. The monoisotopic (exact) mass is 250 g/mol. The summed E-state index contributed by atoms with van der Waals surface area (Å²) in [7, 11) is 1.55. The van der Waals surface area contributed by atoms with E-state index in [9.17, 15) is 0 Å². The van der Waals surface area contributed by atoms with Gasteiger partial charge in [0.15, 0.2) is 5.75 Å². The molecule has 0 aliphatic heterocycles. The molecule has 0 unspecified atom stereocenters. The molecule has 0 atom stereocenters. The van der Waals surface area contributed by atoms with Crippen LogP contribution in [0.25, 0.3) is 0 Å². The van der Waals surface area contributed by atoms with Crippen LogP contribution in [-0.2, 0) is 6.61 Å². The number of aliphatic hydroxyl groups excluding tert-OH is 1. The average Bonchev–Trinajstić information content (AvgIpc) is 2.03. The van der Waals surface area contributed by atoms with Crippen molar-refractivity contribution in [1.82, 2.24) is 0 Å². The van der Waals surface area contributed by atoms with E-state index >= 15 is 0 Å². The van der Waals surface area contributed by atoms with Gasteiger partial charge >= 0.3 is 0 Å². The first-order chi connectivity index (χ1) is 5.69. The lowest BCUT2D eigenvalue weighted by Gasteiger charge is -2.06. The molecule has 4 heteroatoms. The van der Waals surface area contributed by atoms with E-state index in [4.69, 9.17) is 21.4 Å². The van der Waals surface area contributed by atoms with Crippen LogP contribution >= 0.6 is 27.5 Å². The fraction of sp³-hybridized carbons (Fsp3) is 0.250. The minimum absolute atomic E-state index is 0.0255. The Labute approximate surface area is 84.2 Å². The SMILES string of the molecule is COc1c(Cl)cc(CO)cc1Br. The Hall–Kier alpha value is -0.250. The lowest BCUT2D eigenvalue weighted by molar-refractivity contribution is 0.281. The summed E-state index contributed by atoms with van der Waals surface area (Å²) in [6.07, 6.45) is 0. The van der Waals surface area contributed by atoms with Gasteiger partial charge in [0.25, 0.3) is 0 Å². The van der Waals surface area contributed by atoms with Gasteiger partial charge < -0.3 is 9.84 Å². The predicted octanol–water partition coefficient (Wildman–Crippen LogP) is 2.60. The zero-order valence-electron chi connectivity index (χ0n) is 6.47. The van der Waals surface area contributed by atoms with Gasteiger partial charge in [-0.1, -0.05) is 11.6 Å². The lowest BCUT2D eigenvalue weighted by atomic mass is 10.2. The van der Waals surface area contributed by atoms with Crippen molar-refractivity contribution in [3.05, 3.63) is 27.2 Å². The first-order valence-electron chi connectivity index (χ1n) is 3.31. The Morgan fingerprint density at radius 1 is 1.58 bits per heavy atom. The van der Waals surface area contributed by atoms with Crippen molar-refractivity contribution in [2.24, 2.45) is 0 Å². The Morgan fingerprint density at radius 3 is 2.67 bits per heavy atom. The zero-order chi connectivity index (χ0) is 9.14. The molecule has 0 radical (unpaired) electrons. The summed E-state index contributed by atoms with van der Waals surface area (Å²) >= 11 is 9.13. The van der Waals surface area contributed by atoms with Gasteiger partial charge in [-0.15, -0.1) is 0 Å². The van der Waals surface area contributed by atoms with Crippen LogP contribution in [0.1, 0.15) is 5.56 Å². The summed E-state index contributed by atoms with van der Waals surface area (Å²) in [5.41, 5.74) is 0.757. The largest absolute Gasteiger partial charge is 0.494 e. The van der Waals surface area contributed by atoms with Crippen molar-refractivity contribution in [2.45, 2.75) is 6.61 Å². The first-order valence-corrected chi connectivity index (χ1v) is 4.49. The van der Waals surface area contributed by atoms with Gasteiger partial charge in [0, 0.05) is 0 Å². The standard InChI is InChI=1S/C8H8BrClO2/c1-12-8-6(9)2-5(4-11)3-7(8)10/h2-3,11H,4H2,1H3. The third-order valence-electron chi connectivity index (χ3n) is 1.44. The second-order valence-electron chi connectivity index (χ2n) is 2.25. The molecule has 0 saturated heterocycles. The number of aliphatic hydroxyl groups is 1. The van der Waals surface area contributed by atoms with Crippen LogP contribution < -0.4 is 4.74 Å². The van der Waals surface area contributed by atoms with Gasteiger partial charge in [0.1, 0.15) is 0 Å². The van der Waals surface area contributed by atoms with Crippen molar-refractivity contribution >= 4 is 27.5 Å². The van der Waals surface area contributed by atoms with Crippen LogP contribution in [0.2, 0.25) is 5.02 Å². The Balaban J connectivity index is 3.18. The summed E-state index contributed by atoms with van der Waals surface area (Å²) in [5, 5.41) is 9.33. The topological polar surface area (TPSA) is 29.5 Å². The lowest BCUT2D eigenvalue weighted by Crippen LogP contribution is -1.89. The summed E-state index contributed by atoms with van der Waals surface area (Å²) in [6.45, 7) is -0.0255. The van der Waals surface area contributed by atoms with E-state index in [-0.39, 0.29) is 6.61 Å². The maximum Gasteiger partial charge on any atom is 0.151 e. The Kier molecular flexibility index (Phi) is 3.38. The molecule has 0 aliphatic rings. The Bertz CT molecular complexity index is 265. The summed E-state index contributed by atoms with van der Waals surface area (Å²) in [4.78, 5) is 0. The minimum atomic E-state index is -0.0255. The van der Waals surface area contributed by atoms with Gasteiger partial charge in [0.2, 0.25) is 0 Å². The van der Waals surface area contributed by atoms with E-state index < -0.39 is 0 Å². The van der Waals surface area contributed by atoms with E-state index in [0.29, 0.717) is 10.8 Å². The van der Waals surface area contributed by atoms with Crippen molar-refractivity contribution in [1.29, 1.82) is 0 Å². The van der Waals surface area contributed by atoms with Crippen molar-refractivity contribution in [3.63, 3.8) is 0 Å². The summed E-state index contributed by atoms with van der Waals surface area (Å²) < 4.78 is 5.77. The molecule has 0 fully saturated rings. The summed E-state index contributed by atoms with van der Waals surface area (Å²) in [6, 6.07) is 3.44. The van der Waals surface area contributed by atoms with Gasteiger partial charge in [-0.05, 0) is 33.6 Å². The number of methoxy groups -OCH3 is 1. The molecule has 1 aromatic carbocycles. The van der Waals surface area contributed by atoms with Gasteiger partial charge in [0.05, 0.1) is 23.2 Å². The smallest absolute Gasteiger partial charge is 0.151 e. The van der Waals surface area contributed by atoms with Crippen molar-refractivity contribution in [2.75, 3.05) is 7.11 Å². The third kappa shape index (κ3) is 1.91. The molecule has 0 amide bonds. The minimum Gasteiger partial charge on any atom is -0.494 e. The van der Waals surface area contributed by atoms with Crippen molar-refractivity contribution in [3.8, 4) is 5.75 Å². The highest BCUT2D eigenvalue weighted by Gasteiger charge is 2.06. The number of rotatable bonds is 2. The van der Waals surface area contributed by atoms with Crippen LogP contribution in [-0.4, -0.2) is 12.2 Å². The molecule has 12 heavy (non-hydrogen) atoms. The quantitative estimate of drug-likeness (QED) is 0.875. The van der Waals surface area contributed by atoms with Gasteiger partial charge in [-0.25, -0.2) is 0 Å². The van der Waals surface area contributed by atoms with Crippen LogP contribution in [0.15, 0.2) is 16.6 Å². The number of benzene rings is 1. The molecule has 2 nitrogen and oxygen atoms in total. The highest BCUT2D eigenvalue weighted by atomic mass is 79.9. The van der Waals surface area contributed by atoms with E-state index in [2.05, 4.69) is 15.9 Å². The second kappa shape index (κ2) is 4.12. The molecular weight excluding hydrogens is 243 g/mol. The van der Waals surface area contributed by atoms with Gasteiger partial charge in [-0.2, -0.15) is 0 Å². The van der Waals surface area contributed by atoms with E-state index in [1.54, 1.807) is 19.2 Å². The summed E-state index contributed by atoms with van der Waals surface area (Å²) in [5.74, 6) is 0.592. The number of hydrogen-bond donors (Lipinski definition) is 1. The number of hydrogen-bond acceptors (Lipinski definition) is 2. The zero-order valence-corrected chi connectivity index (χ0v) is 8.82. The molecule has 0 aliphatic carbocycles. The Morgan fingerprint density at radius 2 is 2.25 bits per heavy atom. The molecule has 1 rings (SSSR count). The molecule has 1 aromatic rings. The first kappa shape index (κ1) is 9.84. The molecule has 66 valence electrons. The normalized spacial score (nSPS) is 10.0. The third-order valence-corrected chi connectivity index (χ3v) is 2.31. The maximum atomic E-state index is 8.83. The number of ether oxygens (including phenoxy) is 1. The molecule has 0 aromatic heterocycles. The van der Waals surface area contributed by atoms with Crippen molar-refractivity contribution < 1.29 is 9.84 Å². The fourth-order valence-corrected chi connectivity index (χ4v) is 2.00. The van der Waals surface area contributed by atoms with E-state index in [0.717, 1.165) is 10.0 Å². The molecule has 1 N–H and O–H groups in total. The average molecular weight is 252 g/mol.